The normalized spacial score (nSPS) is 18.6. The molecule has 8 heteroatoms. The molecule has 1 aliphatic heterocycles. The van der Waals surface area contributed by atoms with Crippen molar-refractivity contribution in [3.63, 3.8) is 0 Å². The number of carbonyl (C=O) groups is 2. The molecule has 1 fully saturated rings. The van der Waals surface area contributed by atoms with E-state index < -0.39 is 23.9 Å². The van der Waals surface area contributed by atoms with Crippen molar-refractivity contribution in [1.29, 1.82) is 0 Å². The van der Waals surface area contributed by atoms with Crippen LogP contribution in [0.4, 0.5) is 23.7 Å². The van der Waals surface area contributed by atoms with Crippen LogP contribution in [0.3, 0.4) is 0 Å². The number of anilines is 1. The molecule has 0 aromatic heterocycles. The highest BCUT2D eigenvalue weighted by Crippen LogP contribution is 2.31. The molecule has 1 atom stereocenters. The van der Waals surface area contributed by atoms with Gasteiger partial charge in [0.1, 0.15) is 6.10 Å². The van der Waals surface area contributed by atoms with Gasteiger partial charge in [0.25, 0.3) is 0 Å². The van der Waals surface area contributed by atoms with Crippen molar-refractivity contribution in [3.8, 4) is 0 Å². The van der Waals surface area contributed by atoms with Crippen LogP contribution in [0.5, 0.6) is 0 Å². The van der Waals surface area contributed by atoms with E-state index in [1.54, 1.807) is 0 Å². The van der Waals surface area contributed by atoms with Gasteiger partial charge in [0, 0.05) is 12.6 Å². The maximum Gasteiger partial charge on any atom is 0.416 e. The molecule has 1 N–H and O–H groups in total. The Morgan fingerprint density at radius 2 is 2.00 bits per heavy atom. The molecule has 0 saturated carbocycles. The third-order valence-corrected chi connectivity index (χ3v) is 2.96. The largest absolute Gasteiger partial charge is 0.442 e. The van der Waals surface area contributed by atoms with Crippen LogP contribution in [0.1, 0.15) is 12.5 Å². The summed E-state index contributed by atoms with van der Waals surface area (Å²) in [7, 11) is 0. The van der Waals surface area contributed by atoms with Crippen LogP contribution in [0.15, 0.2) is 24.3 Å². The number of hydrogen-bond acceptors (Lipinski definition) is 3. The number of nitrogens with one attached hydrogen (secondary N) is 1. The molecule has 2 amide bonds. The number of benzene rings is 1. The van der Waals surface area contributed by atoms with Crippen molar-refractivity contribution in [2.45, 2.75) is 19.2 Å². The Morgan fingerprint density at radius 1 is 1.38 bits per heavy atom. The number of cyclic esters (lactones) is 1. The second kappa shape index (κ2) is 5.63. The maximum absolute atomic E-state index is 12.5. The van der Waals surface area contributed by atoms with E-state index in [9.17, 15) is 22.8 Å². The standard InChI is InChI=1S/C13H13F3N2O3/c1-8(19)17-6-11-7-18(12(20)21-11)10-4-2-9(3-5-10)13(14,15)16/h2-5,11H,6-7H2,1H3,(H,17,19)/t11-/m0/s1. The van der Waals surface area contributed by atoms with Crippen LogP contribution >= 0.6 is 0 Å². The maximum atomic E-state index is 12.5. The molecule has 0 radical (unpaired) electrons. The molecule has 21 heavy (non-hydrogen) atoms. The van der Waals surface area contributed by atoms with E-state index in [0.29, 0.717) is 5.69 Å². The highest BCUT2D eigenvalue weighted by molar-refractivity contribution is 5.89. The van der Waals surface area contributed by atoms with Gasteiger partial charge in [-0.3, -0.25) is 9.69 Å². The Bertz CT molecular complexity index is 543. The van der Waals surface area contributed by atoms with Crippen molar-refractivity contribution in [1.82, 2.24) is 5.32 Å². The first-order chi connectivity index (χ1) is 9.77. The Hall–Kier alpha value is -2.25. The fraction of sp³-hybridized carbons (Fsp3) is 0.385. The molecule has 1 aliphatic rings. The lowest BCUT2D eigenvalue weighted by Crippen LogP contribution is -2.33. The van der Waals surface area contributed by atoms with E-state index >= 15 is 0 Å². The second-order valence-corrected chi connectivity index (χ2v) is 4.60. The molecule has 1 aromatic carbocycles. The zero-order valence-electron chi connectivity index (χ0n) is 11.1. The molecular weight excluding hydrogens is 289 g/mol. The van der Waals surface area contributed by atoms with E-state index in [1.165, 1.54) is 24.0 Å². The Morgan fingerprint density at radius 3 is 2.52 bits per heavy atom. The number of nitrogens with zero attached hydrogens (tertiary/aromatic N) is 1. The van der Waals surface area contributed by atoms with Crippen LogP contribution in [0.2, 0.25) is 0 Å². The number of alkyl halides is 3. The fourth-order valence-electron chi connectivity index (χ4n) is 1.93. The van der Waals surface area contributed by atoms with E-state index in [2.05, 4.69) is 5.32 Å². The molecule has 0 aliphatic carbocycles. The topological polar surface area (TPSA) is 58.6 Å². The number of rotatable bonds is 3. The molecule has 1 saturated heterocycles. The number of ether oxygens (including phenoxy) is 1. The van der Waals surface area contributed by atoms with Crippen LogP contribution in [0.25, 0.3) is 0 Å². The summed E-state index contributed by atoms with van der Waals surface area (Å²) >= 11 is 0. The summed E-state index contributed by atoms with van der Waals surface area (Å²) in [4.78, 5) is 23.7. The second-order valence-electron chi connectivity index (χ2n) is 4.60. The molecule has 2 rings (SSSR count). The Kier molecular flexibility index (Phi) is 4.06. The van der Waals surface area contributed by atoms with Crippen LogP contribution in [0, 0.1) is 0 Å². The van der Waals surface area contributed by atoms with Gasteiger partial charge < -0.3 is 10.1 Å². The Labute approximate surface area is 118 Å². The van der Waals surface area contributed by atoms with Gasteiger partial charge >= 0.3 is 12.3 Å². The minimum Gasteiger partial charge on any atom is -0.442 e. The first-order valence-corrected chi connectivity index (χ1v) is 6.17. The monoisotopic (exact) mass is 302 g/mol. The van der Waals surface area contributed by atoms with E-state index in [4.69, 9.17) is 4.74 Å². The zero-order valence-corrected chi connectivity index (χ0v) is 11.1. The number of amides is 2. The molecule has 0 spiro atoms. The van der Waals surface area contributed by atoms with Crippen molar-refractivity contribution < 1.29 is 27.5 Å². The highest BCUT2D eigenvalue weighted by Gasteiger charge is 2.34. The van der Waals surface area contributed by atoms with Gasteiger partial charge in [-0.2, -0.15) is 13.2 Å². The predicted octanol–water partition coefficient (Wildman–Crippen LogP) is 2.17. The van der Waals surface area contributed by atoms with Crippen molar-refractivity contribution in [3.05, 3.63) is 29.8 Å². The van der Waals surface area contributed by atoms with Gasteiger partial charge in [-0.15, -0.1) is 0 Å². The number of hydrogen-bond donors (Lipinski definition) is 1. The van der Waals surface area contributed by atoms with Crippen LogP contribution in [-0.2, 0) is 15.7 Å². The number of halogens is 3. The molecule has 1 aromatic rings. The molecule has 114 valence electrons. The van der Waals surface area contributed by atoms with Gasteiger partial charge in [-0.1, -0.05) is 0 Å². The minimum atomic E-state index is -4.42. The molecule has 0 bridgehead atoms. The quantitative estimate of drug-likeness (QED) is 0.931. The summed E-state index contributed by atoms with van der Waals surface area (Å²) in [6.45, 7) is 1.67. The molecule has 5 nitrogen and oxygen atoms in total. The lowest BCUT2D eigenvalue weighted by atomic mass is 10.2. The molecular formula is C13H13F3N2O3. The first-order valence-electron chi connectivity index (χ1n) is 6.17. The zero-order chi connectivity index (χ0) is 15.6. The van der Waals surface area contributed by atoms with Crippen LogP contribution in [-0.4, -0.2) is 31.2 Å². The lowest BCUT2D eigenvalue weighted by Gasteiger charge is -2.14. The number of carbonyl (C=O) groups excluding carboxylic acids is 2. The average molecular weight is 302 g/mol. The summed E-state index contributed by atoms with van der Waals surface area (Å²) in [5.74, 6) is -0.251. The van der Waals surface area contributed by atoms with Crippen molar-refractivity contribution in [2.75, 3.05) is 18.0 Å². The third-order valence-electron chi connectivity index (χ3n) is 2.96. The summed E-state index contributed by atoms with van der Waals surface area (Å²) in [6.07, 6.45) is -5.59. The van der Waals surface area contributed by atoms with Crippen molar-refractivity contribution >= 4 is 17.7 Å². The highest BCUT2D eigenvalue weighted by atomic mass is 19.4. The first kappa shape index (κ1) is 15.1. The van der Waals surface area contributed by atoms with E-state index in [1.807, 2.05) is 0 Å². The molecule has 1 heterocycles. The SMILES string of the molecule is CC(=O)NC[C@H]1CN(c2ccc(C(F)(F)F)cc2)C(=O)O1. The summed E-state index contributed by atoms with van der Waals surface area (Å²) in [6, 6.07) is 4.24. The van der Waals surface area contributed by atoms with Gasteiger partial charge in [-0.25, -0.2) is 4.79 Å². The molecule has 0 unspecified atom stereocenters. The summed E-state index contributed by atoms with van der Waals surface area (Å²) < 4.78 is 42.4. The van der Waals surface area contributed by atoms with Gasteiger partial charge in [0.05, 0.1) is 18.7 Å². The summed E-state index contributed by atoms with van der Waals surface area (Å²) in [5.41, 5.74) is -0.466. The van der Waals surface area contributed by atoms with E-state index in [-0.39, 0.29) is 19.0 Å². The van der Waals surface area contributed by atoms with Crippen LogP contribution < -0.4 is 10.2 Å². The average Bonchev–Trinajstić information content (AvgIpc) is 2.77. The minimum absolute atomic E-state index is 0.165. The lowest BCUT2D eigenvalue weighted by molar-refractivity contribution is -0.137. The predicted molar refractivity (Wildman–Crippen MR) is 67.7 cm³/mol. The third kappa shape index (κ3) is 3.65. The fourth-order valence-corrected chi connectivity index (χ4v) is 1.93. The summed E-state index contributed by atoms with van der Waals surface area (Å²) in [5, 5.41) is 2.52. The van der Waals surface area contributed by atoms with Crippen molar-refractivity contribution in [2.24, 2.45) is 0 Å². The van der Waals surface area contributed by atoms with Gasteiger partial charge in [-0.05, 0) is 24.3 Å². The van der Waals surface area contributed by atoms with Gasteiger partial charge in [0.15, 0.2) is 0 Å². The van der Waals surface area contributed by atoms with Gasteiger partial charge in [0.2, 0.25) is 5.91 Å². The Balaban J connectivity index is 2.05. The smallest absolute Gasteiger partial charge is 0.416 e. The van der Waals surface area contributed by atoms with E-state index in [0.717, 1.165) is 12.1 Å².